The van der Waals surface area contributed by atoms with Crippen molar-refractivity contribution in [3.05, 3.63) is 0 Å². The number of unbranched alkanes of at least 4 members (excludes halogenated alkanes) is 8. The van der Waals surface area contributed by atoms with Crippen LogP contribution in [-0.4, -0.2) is 61.9 Å². The van der Waals surface area contributed by atoms with E-state index in [1.807, 2.05) is 0 Å². The molecular weight excluding hydrogens is 488 g/mol. The molecule has 0 aliphatic carbocycles. The Balaban J connectivity index is -0.00000480. The van der Waals surface area contributed by atoms with Gasteiger partial charge in [-0.1, -0.05) is 58.3 Å². The molecule has 13 heteroatoms. The van der Waals surface area contributed by atoms with Crippen LogP contribution in [0, 0.1) is 0 Å². The number of carbonyl (C=O) groups excluding carboxylic acids is 3. The predicted molar refractivity (Wildman–Crippen MR) is 114 cm³/mol. The van der Waals surface area contributed by atoms with Crippen LogP contribution in [0.5, 0.6) is 0 Å². The number of rotatable bonds is 20. The van der Waals surface area contributed by atoms with Crippen molar-refractivity contribution in [1.29, 1.82) is 0 Å². The van der Waals surface area contributed by atoms with E-state index in [1.165, 1.54) is 38.5 Å². The molecule has 1 amide bonds. The molecule has 2 atom stereocenters. The molecule has 0 bridgehead atoms. The van der Waals surface area contributed by atoms with Crippen molar-refractivity contribution >= 4 is 28.0 Å². The third kappa shape index (κ3) is 22.7. The molecule has 0 saturated heterocycles. The van der Waals surface area contributed by atoms with Crippen molar-refractivity contribution in [3.8, 4) is 0 Å². The molecule has 0 saturated carbocycles. The number of ether oxygens (including phenoxy) is 2. The van der Waals surface area contributed by atoms with Gasteiger partial charge in [0, 0.05) is 25.4 Å². The van der Waals surface area contributed by atoms with E-state index < -0.39 is 33.7 Å². The summed E-state index contributed by atoms with van der Waals surface area (Å²) < 4.78 is 42.8. The van der Waals surface area contributed by atoms with Crippen molar-refractivity contribution in [1.82, 2.24) is 5.32 Å². The van der Waals surface area contributed by atoms with Crippen LogP contribution in [0.2, 0.25) is 0 Å². The number of hydrogen-bond donors (Lipinski definition) is 1. The molecule has 0 fully saturated rings. The monoisotopic (exact) mass is 525 g/mol. The normalized spacial score (nSPS) is 12.6. The summed E-state index contributed by atoms with van der Waals surface area (Å²) in [5.41, 5.74) is 0. The van der Waals surface area contributed by atoms with Gasteiger partial charge in [0.05, 0.1) is 12.7 Å². The van der Waals surface area contributed by atoms with Crippen LogP contribution >= 0.6 is 0 Å². The van der Waals surface area contributed by atoms with Crippen molar-refractivity contribution in [2.75, 3.05) is 19.8 Å². The first kappa shape index (κ1) is 38.8. The van der Waals surface area contributed by atoms with Crippen LogP contribution in [0.1, 0.15) is 84.5 Å². The zero-order chi connectivity index (χ0) is 24.4. The molecule has 1 N–H and O–H groups in total. The average molecular weight is 526 g/mol. The van der Waals surface area contributed by atoms with Crippen LogP contribution < -0.4 is 69.5 Å². The number of nitrogens with one attached hydrogen (secondary N) is 1. The van der Waals surface area contributed by atoms with Gasteiger partial charge >= 0.3 is 65.1 Å². The Hall–Kier alpha value is 0.280. The van der Waals surface area contributed by atoms with Gasteiger partial charge < -0.3 is 29.2 Å². The van der Waals surface area contributed by atoms with Crippen LogP contribution in [-0.2, 0) is 34.0 Å². The third-order valence-corrected chi connectivity index (χ3v) is 5.84. The van der Waals surface area contributed by atoms with Crippen molar-refractivity contribution in [2.45, 2.75) is 95.8 Å². The number of carboxylic acid groups (broad SMARTS) is 1. The van der Waals surface area contributed by atoms with Crippen molar-refractivity contribution in [3.63, 3.8) is 0 Å². The summed E-state index contributed by atoms with van der Waals surface area (Å²) in [5.74, 6) is -3.38. The maximum Gasteiger partial charge on any atom is 1.00 e. The summed E-state index contributed by atoms with van der Waals surface area (Å²) >= 11 is 0. The fraction of sp³-hybridized carbons (Fsp3) is 0.857. The van der Waals surface area contributed by atoms with E-state index in [0.29, 0.717) is 6.42 Å². The SMILES string of the molecule is CCCCCCCCCCCC(=O)NCC(C)OCCOC(=O)C(CC(=O)[O-])S(=O)(=O)[O-].[Na+].[Na+]. The first-order chi connectivity index (χ1) is 15.1. The minimum absolute atomic E-state index is 0. The topological polar surface area (TPSA) is 162 Å². The fourth-order valence-electron chi connectivity index (χ4n) is 2.94. The predicted octanol–water partition coefficient (Wildman–Crippen LogP) is -4.97. The van der Waals surface area contributed by atoms with Gasteiger partial charge in [-0.3, -0.25) is 9.59 Å². The summed E-state index contributed by atoms with van der Waals surface area (Å²) in [6.45, 7) is 3.67. The van der Waals surface area contributed by atoms with E-state index in [9.17, 15) is 32.5 Å². The zero-order valence-electron chi connectivity index (χ0n) is 21.1. The number of carboxylic acids is 1. The molecule has 0 aromatic carbocycles. The summed E-state index contributed by atoms with van der Waals surface area (Å²) in [7, 11) is -5.18. The molecule has 0 aliphatic heterocycles. The molecule has 0 aromatic rings. The maximum atomic E-state index is 11.9. The van der Waals surface area contributed by atoms with E-state index in [4.69, 9.17) is 4.74 Å². The summed E-state index contributed by atoms with van der Waals surface area (Å²) in [6, 6.07) is 0. The van der Waals surface area contributed by atoms with Gasteiger partial charge in [-0.25, -0.2) is 8.42 Å². The van der Waals surface area contributed by atoms with Gasteiger partial charge in [0.1, 0.15) is 16.7 Å². The molecule has 2 unspecified atom stereocenters. The summed E-state index contributed by atoms with van der Waals surface area (Å²) in [5, 5.41) is 10.9. The molecule has 10 nitrogen and oxygen atoms in total. The van der Waals surface area contributed by atoms with Crippen LogP contribution in [0.3, 0.4) is 0 Å². The van der Waals surface area contributed by atoms with E-state index >= 15 is 0 Å². The molecule has 0 aliphatic rings. The number of hydrogen-bond acceptors (Lipinski definition) is 9. The molecule has 0 rings (SSSR count). The molecule has 188 valence electrons. The number of aliphatic carboxylic acids is 1. The van der Waals surface area contributed by atoms with Gasteiger partial charge in [-0.15, -0.1) is 0 Å². The van der Waals surface area contributed by atoms with Crippen LogP contribution in [0.25, 0.3) is 0 Å². The van der Waals surface area contributed by atoms with E-state index in [0.717, 1.165) is 19.3 Å². The Morgan fingerprint density at radius 3 is 1.94 bits per heavy atom. The van der Waals surface area contributed by atoms with Gasteiger partial charge in [0.25, 0.3) is 0 Å². The maximum absolute atomic E-state index is 11.9. The smallest absolute Gasteiger partial charge is 0.747 e. The molecule has 0 aromatic heterocycles. The zero-order valence-corrected chi connectivity index (χ0v) is 26.0. The first-order valence-electron chi connectivity index (χ1n) is 11.3. The Kier molecular flexibility index (Phi) is 27.0. The van der Waals surface area contributed by atoms with E-state index in [1.54, 1.807) is 6.92 Å². The number of carbonyl (C=O) groups is 3. The van der Waals surface area contributed by atoms with E-state index in [2.05, 4.69) is 17.0 Å². The first-order valence-corrected chi connectivity index (χ1v) is 12.7. The number of esters is 1. The van der Waals surface area contributed by atoms with Crippen molar-refractivity contribution in [2.24, 2.45) is 0 Å². The fourth-order valence-corrected chi connectivity index (χ4v) is 3.58. The molecule has 0 spiro atoms. The van der Waals surface area contributed by atoms with Crippen LogP contribution in [0.15, 0.2) is 0 Å². The third-order valence-electron chi connectivity index (χ3n) is 4.79. The Labute approximate surface area is 248 Å². The summed E-state index contributed by atoms with van der Waals surface area (Å²) in [6.07, 6.45) is 9.36. The molecule has 0 radical (unpaired) electrons. The quantitative estimate of drug-likeness (QED) is 0.0710. The Morgan fingerprint density at radius 2 is 1.44 bits per heavy atom. The minimum atomic E-state index is -5.18. The average Bonchev–Trinajstić information content (AvgIpc) is 2.71. The van der Waals surface area contributed by atoms with E-state index in [-0.39, 0.29) is 90.9 Å². The molecule has 0 heterocycles. The van der Waals surface area contributed by atoms with Crippen molar-refractivity contribution < 1.29 is 101 Å². The number of amides is 1. The van der Waals surface area contributed by atoms with Gasteiger partial charge in [-0.05, 0) is 13.3 Å². The Bertz CT molecular complexity index is 663. The van der Waals surface area contributed by atoms with Gasteiger partial charge in [0.2, 0.25) is 5.91 Å². The second-order valence-electron chi connectivity index (χ2n) is 7.79. The van der Waals surface area contributed by atoms with Crippen LogP contribution in [0.4, 0.5) is 0 Å². The second-order valence-corrected chi connectivity index (χ2v) is 9.34. The molecular formula is C21H37NNa2O9S. The molecule has 34 heavy (non-hydrogen) atoms. The van der Waals surface area contributed by atoms with Gasteiger partial charge in [-0.2, -0.15) is 0 Å². The largest absolute Gasteiger partial charge is 1.00 e. The summed E-state index contributed by atoms with van der Waals surface area (Å²) in [4.78, 5) is 33.9. The second kappa shape index (κ2) is 23.7. The van der Waals surface area contributed by atoms with Gasteiger partial charge in [0.15, 0.2) is 5.25 Å². The minimum Gasteiger partial charge on any atom is -0.747 e. The Morgan fingerprint density at radius 1 is 0.912 bits per heavy atom. The standard InChI is InChI=1S/C21H39NO9S.2Na/c1-3-4-5-6-7-8-9-10-11-12-19(23)22-16-17(2)30-13-14-31-21(26)18(15-20(24)25)32(27,28)29;;/h17-18H,3-16H2,1-2H3,(H,22,23)(H,24,25)(H,27,28,29);;/q;2*+1/p-2.